The number of thioether (sulfide) groups is 1. The van der Waals surface area contributed by atoms with Crippen LogP contribution in [0.3, 0.4) is 0 Å². The average molecular weight is 463 g/mol. The van der Waals surface area contributed by atoms with Gasteiger partial charge in [-0.1, -0.05) is 17.7 Å². The molecule has 0 atom stereocenters. The normalized spacial score (nSPS) is 11.0. The fourth-order valence-electron chi connectivity index (χ4n) is 2.49. The van der Waals surface area contributed by atoms with Gasteiger partial charge in [0.1, 0.15) is 5.75 Å². The van der Waals surface area contributed by atoms with Crippen LogP contribution in [-0.4, -0.2) is 27.2 Å². The van der Waals surface area contributed by atoms with E-state index in [0.717, 1.165) is 4.90 Å². The summed E-state index contributed by atoms with van der Waals surface area (Å²) in [7, 11) is -2.28. The van der Waals surface area contributed by atoms with Gasteiger partial charge < -0.3 is 10.1 Å². The maximum absolute atomic E-state index is 12.7. The summed E-state index contributed by atoms with van der Waals surface area (Å²) in [5, 5.41) is 3.35. The number of nitrogens with one attached hydrogen (secondary N) is 2. The summed E-state index contributed by atoms with van der Waals surface area (Å²) in [6.45, 7) is 0. The third-order valence-electron chi connectivity index (χ3n) is 3.95. The van der Waals surface area contributed by atoms with E-state index in [1.54, 1.807) is 48.5 Å². The number of carbonyl (C=O) groups excluding carboxylic acids is 1. The highest BCUT2D eigenvalue weighted by Crippen LogP contribution is 2.23. The molecule has 6 nitrogen and oxygen atoms in total. The number of carbonyl (C=O) groups is 1. The Labute approximate surface area is 184 Å². The highest BCUT2D eigenvalue weighted by Gasteiger charge is 2.15. The van der Waals surface area contributed by atoms with Gasteiger partial charge in [-0.3, -0.25) is 9.52 Å². The number of benzene rings is 3. The molecule has 156 valence electrons. The van der Waals surface area contributed by atoms with E-state index in [2.05, 4.69) is 10.0 Å². The predicted molar refractivity (Wildman–Crippen MR) is 121 cm³/mol. The smallest absolute Gasteiger partial charge is 0.261 e. The summed E-state index contributed by atoms with van der Waals surface area (Å²) in [6.07, 6.45) is 0. The van der Waals surface area contributed by atoms with Crippen LogP contribution in [0.1, 0.15) is 0 Å². The van der Waals surface area contributed by atoms with Crippen molar-refractivity contribution in [2.24, 2.45) is 0 Å². The molecule has 1 amide bonds. The Kier molecular flexibility index (Phi) is 7.25. The van der Waals surface area contributed by atoms with Crippen molar-refractivity contribution in [3.05, 3.63) is 77.8 Å². The lowest BCUT2D eigenvalue weighted by molar-refractivity contribution is -0.113. The van der Waals surface area contributed by atoms with Crippen molar-refractivity contribution in [1.29, 1.82) is 0 Å². The first-order chi connectivity index (χ1) is 14.4. The fourth-order valence-corrected chi connectivity index (χ4v) is 4.42. The molecule has 3 aromatic carbocycles. The molecule has 0 aromatic heterocycles. The van der Waals surface area contributed by atoms with Crippen LogP contribution in [0.4, 0.5) is 11.4 Å². The van der Waals surface area contributed by atoms with E-state index >= 15 is 0 Å². The molecule has 0 heterocycles. The Hall–Kier alpha value is -2.68. The Bertz CT molecular complexity index is 1120. The van der Waals surface area contributed by atoms with Gasteiger partial charge in [0.15, 0.2) is 0 Å². The second-order valence-electron chi connectivity index (χ2n) is 6.15. The summed E-state index contributed by atoms with van der Waals surface area (Å²) < 4.78 is 32.9. The van der Waals surface area contributed by atoms with Crippen molar-refractivity contribution in [3.8, 4) is 5.75 Å². The predicted octanol–water partition coefficient (Wildman–Crippen LogP) is 4.88. The molecule has 2 N–H and O–H groups in total. The minimum Gasteiger partial charge on any atom is -0.497 e. The van der Waals surface area contributed by atoms with Gasteiger partial charge in [0.2, 0.25) is 5.91 Å². The van der Waals surface area contributed by atoms with Gasteiger partial charge in [0.25, 0.3) is 10.0 Å². The molecule has 9 heteroatoms. The first kappa shape index (κ1) is 22.0. The van der Waals surface area contributed by atoms with Crippen LogP contribution in [0.5, 0.6) is 5.75 Å². The van der Waals surface area contributed by atoms with Gasteiger partial charge in [0, 0.05) is 21.3 Å². The molecule has 0 saturated heterocycles. The molecular formula is C21H19ClN2O4S2. The first-order valence-corrected chi connectivity index (χ1v) is 11.7. The largest absolute Gasteiger partial charge is 0.497 e. The van der Waals surface area contributed by atoms with Crippen LogP contribution in [0.25, 0.3) is 0 Å². The minimum atomic E-state index is -3.81. The number of halogens is 1. The number of anilines is 2. The topological polar surface area (TPSA) is 84.5 Å². The van der Waals surface area contributed by atoms with E-state index in [4.69, 9.17) is 16.3 Å². The van der Waals surface area contributed by atoms with E-state index in [-0.39, 0.29) is 16.6 Å². The Morgan fingerprint density at radius 3 is 2.37 bits per heavy atom. The van der Waals surface area contributed by atoms with E-state index in [1.165, 1.54) is 31.0 Å². The van der Waals surface area contributed by atoms with Crippen LogP contribution in [0, 0.1) is 0 Å². The van der Waals surface area contributed by atoms with Crippen molar-refractivity contribution < 1.29 is 17.9 Å². The van der Waals surface area contributed by atoms with Crippen LogP contribution in [0.2, 0.25) is 5.02 Å². The van der Waals surface area contributed by atoms with Gasteiger partial charge in [-0.2, -0.15) is 0 Å². The molecule has 3 rings (SSSR count). The highest BCUT2D eigenvalue weighted by atomic mass is 35.5. The summed E-state index contributed by atoms with van der Waals surface area (Å²) in [6, 6.07) is 19.8. The summed E-state index contributed by atoms with van der Waals surface area (Å²) >= 11 is 7.21. The van der Waals surface area contributed by atoms with E-state index in [9.17, 15) is 13.2 Å². The number of hydrogen-bond donors (Lipinski definition) is 2. The Morgan fingerprint density at radius 1 is 1.00 bits per heavy atom. The van der Waals surface area contributed by atoms with E-state index < -0.39 is 10.0 Å². The molecular weight excluding hydrogens is 444 g/mol. The molecule has 3 aromatic rings. The summed E-state index contributed by atoms with van der Waals surface area (Å²) in [4.78, 5) is 13.2. The lowest BCUT2D eigenvalue weighted by Crippen LogP contribution is -2.16. The van der Waals surface area contributed by atoms with Crippen molar-refractivity contribution in [2.75, 3.05) is 22.9 Å². The van der Waals surface area contributed by atoms with Crippen LogP contribution in [0.15, 0.2) is 82.6 Å². The average Bonchev–Trinajstić information content (AvgIpc) is 2.74. The number of rotatable bonds is 8. The molecule has 0 aliphatic rings. The maximum atomic E-state index is 12.7. The lowest BCUT2D eigenvalue weighted by atomic mass is 10.3. The van der Waals surface area contributed by atoms with Crippen molar-refractivity contribution in [3.63, 3.8) is 0 Å². The molecule has 0 aliphatic carbocycles. The molecule has 0 bridgehead atoms. The second kappa shape index (κ2) is 9.88. The minimum absolute atomic E-state index is 0.0430. The van der Waals surface area contributed by atoms with Gasteiger partial charge in [-0.15, -0.1) is 11.8 Å². The molecule has 0 aliphatic heterocycles. The SMILES string of the molecule is COc1ccc(NS(=O)(=O)c2cccc(NC(=O)CSc3ccc(Cl)cc3)c2)cc1. The van der Waals surface area contributed by atoms with Gasteiger partial charge in [-0.25, -0.2) is 8.42 Å². The third kappa shape index (κ3) is 6.16. The molecule has 0 spiro atoms. The fraction of sp³-hybridized carbons (Fsp3) is 0.0952. The number of sulfonamides is 1. The number of ether oxygens (including phenoxy) is 1. The zero-order valence-electron chi connectivity index (χ0n) is 16.0. The maximum Gasteiger partial charge on any atom is 0.261 e. The van der Waals surface area contributed by atoms with Crippen LogP contribution in [-0.2, 0) is 14.8 Å². The summed E-state index contributed by atoms with van der Waals surface area (Å²) in [5.74, 6) is 0.564. The number of hydrogen-bond acceptors (Lipinski definition) is 5. The summed E-state index contributed by atoms with van der Waals surface area (Å²) in [5.41, 5.74) is 0.805. The van der Waals surface area contributed by atoms with Gasteiger partial charge >= 0.3 is 0 Å². The third-order valence-corrected chi connectivity index (χ3v) is 6.60. The monoisotopic (exact) mass is 462 g/mol. The highest BCUT2D eigenvalue weighted by molar-refractivity contribution is 8.00. The zero-order chi connectivity index (χ0) is 21.6. The molecule has 0 radical (unpaired) electrons. The van der Waals surface area contributed by atoms with Gasteiger partial charge in [0.05, 0.1) is 17.8 Å². The van der Waals surface area contributed by atoms with E-state index in [0.29, 0.717) is 22.1 Å². The van der Waals surface area contributed by atoms with Crippen molar-refractivity contribution in [1.82, 2.24) is 0 Å². The zero-order valence-corrected chi connectivity index (χ0v) is 18.4. The second-order valence-corrected chi connectivity index (χ2v) is 9.32. The molecule has 0 unspecified atom stereocenters. The molecule has 0 saturated carbocycles. The number of amides is 1. The first-order valence-electron chi connectivity index (χ1n) is 8.81. The van der Waals surface area contributed by atoms with Gasteiger partial charge in [-0.05, 0) is 66.7 Å². The van der Waals surface area contributed by atoms with E-state index in [1.807, 2.05) is 12.1 Å². The lowest BCUT2D eigenvalue weighted by Gasteiger charge is -2.11. The Balaban J connectivity index is 1.63. The quantitative estimate of drug-likeness (QED) is 0.466. The Morgan fingerprint density at radius 2 is 1.70 bits per heavy atom. The number of methoxy groups -OCH3 is 1. The molecule has 0 fully saturated rings. The standard InChI is InChI=1S/C21H19ClN2O4S2/c1-28-18-9-7-16(8-10-18)24-30(26,27)20-4-2-3-17(13-20)23-21(25)14-29-19-11-5-15(22)6-12-19/h2-13,24H,14H2,1H3,(H,23,25). The molecule has 30 heavy (non-hydrogen) atoms. The van der Waals surface area contributed by atoms with Crippen molar-refractivity contribution >= 4 is 50.7 Å². The van der Waals surface area contributed by atoms with Crippen molar-refractivity contribution in [2.45, 2.75) is 9.79 Å². The van der Waals surface area contributed by atoms with Crippen LogP contribution >= 0.6 is 23.4 Å². The van der Waals surface area contributed by atoms with Crippen LogP contribution < -0.4 is 14.8 Å².